The van der Waals surface area contributed by atoms with Gasteiger partial charge in [-0.15, -0.1) is 0 Å². The lowest BCUT2D eigenvalue weighted by atomic mass is 10.0. The fraction of sp³-hybridized carbons (Fsp3) is 0.118. The van der Waals surface area contributed by atoms with Crippen LogP contribution in [0.3, 0.4) is 0 Å². The summed E-state index contributed by atoms with van der Waals surface area (Å²) in [6, 6.07) is 14.8. The van der Waals surface area contributed by atoms with E-state index in [-0.39, 0.29) is 0 Å². The Balaban J connectivity index is 1.85. The molecule has 2 N–H and O–H groups in total. The number of nitrogens with one attached hydrogen (secondary N) is 1. The van der Waals surface area contributed by atoms with Gasteiger partial charge in [-0.1, -0.05) is 24.3 Å². The van der Waals surface area contributed by atoms with Gasteiger partial charge in [0.05, 0.1) is 11.8 Å². The van der Waals surface area contributed by atoms with Gasteiger partial charge in [0.1, 0.15) is 5.76 Å². The lowest BCUT2D eigenvalue weighted by Crippen LogP contribution is -2.06. The Morgan fingerprint density at radius 1 is 1.05 bits per heavy atom. The number of furan rings is 1. The van der Waals surface area contributed by atoms with Crippen LogP contribution in [0.2, 0.25) is 0 Å². The van der Waals surface area contributed by atoms with Gasteiger partial charge in [-0.3, -0.25) is 0 Å². The van der Waals surface area contributed by atoms with Gasteiger partial charge in [-0.2, -0.15) is 0 Å². The van der Waals surface area contributed by atoms with E-state index in [1.807, 2.05) is 42.5 Å². The molecule has 0 amide bonds. The van der Waals surface area contributed by atoms with Crippen molar-refractivity contribution in [3.05, 3.63) is 66.1 Å². The van der Waals surface area contributed by atoms with E-state index in [1.54, 1.807) is 12.3 Å². The van der Waals surface area contributed by atoms with E-state index in [0.717, 1.165) is 35.2 Å². The molecule has 1 heterocycles. The Kier molecular flexibility index (Phi) is 3.60. The van der Waals surface area contributed by atoms with Gasteiger partial charge in [0.25, 0.3) is 0 Å². The molecule has 0 radical (unpaired) electrons. The van der Waals surface area contributed by atoms with Crippen molar-refractivity contribution in [1.29, 1.82) is 0 Å². The average molecular weight is 281 g/mol. The smallest absolute Gasteiger partial charge is 0.336 e. The second-order valence-electron chi connectivity index (χ2n) is 4.77. The van der Waals surface area contributed by atoms with Crippen molar-refractivity contribution < 1.29 is 14.3 Å². The molecule has 0 saturated heterocycles. The quantitative estimate of drug-likeness (QED) is 0.747. The minimum atomic E-state index is -0.909. The zero-order valence-electron chi connectivity index (χ0n) is 11.4. The van der Waals surface area contributed by atoms with Crippen LogP contribution in [-0.4, -0.2) is 17.6 Å². The third-order valence-corrected chi connectivity index (χ3v) is 3.42. The van der Waals surface area contributed by atoms with Crippen LogP contribution >= 0.6 is 0 Å². The number of hydrogen-bond acceptors (Lipinski definition) is 3. The number of benzene rings is 2. The van der Waals surface area contributed by atoms with Crippen LogP contribution in [0, 0.1) is 0 Å². The molecule has 0 unspecified atom stereocenters. The van der Waals surface area contributed by atoms with Crippen LogP contribution in [0.25, 0.3) is 10.8 Å². The first-order valence-electron chi connectivity index (χ1n) is 6.77. The van der Waals surface area contributed by atoms with Crippen LogP contribution < -0.4 is 5.32 Å². The van der Waals surface area contributed by atoms with Crippen LogP contribution in [0.15, 0.2) is 59.2 Å². The molecule has 106 valence electrons. The summed E-state index contributed by atoms with van der Waals surface area (Å²) in [5.41, 5.74) is 1.25. The van der Waals surface area contributed by atoms with Gasteiger partial charge in [-0.05, 0) is 29.7 Å². The van der Waals surface area contributed by atoms with Crippen LogP contribution in [0.1, 0.15) is 16.1 Å². The molecule has 0 aliphatic rings. The van der Waals surface area contributed by atoms with E-state index in [1.165, 1.54) is 0 Å². The normalized spacial score (nSPS) is 10.7. The van der Waals surface area contributed by atoms with E-state index in [0.29, 0.717) is 5.56 Å². The van der Waals surface area contributed by atoms with Crippen LogP contribution in [-0.2, 0) is 6.42 Å². The Morgan fingerprint density at radius 2 is 1.86 bits per heavy atom. The third-order valence-electron chi connectivity index (χ3n) is 3.42. The standard InChI is InChI=1S/C17H15NO3/c19-17(20)15-7-8-16(14-6-2-1-5-13(14)15)18-10-9-12-4-3-11-21-12/h1-8,11,18H,9-10H2,(H,19,20). The second kappa shape index (κ2) is 5.71. The largest absolute Gasteiger partial charge is 0.478 e. The Hall–Kier alpha value is -2.75. The number of anilines is 1. The van der Waals surface area contributed by atoms with Gasteiger partial charge < -0.3 is 14.8 Å². The lowest BCUT2D eigenvalue weighted by Gasteiger charge is -2.11. The van der Waals surface area contributed by atoms with Crippen molar-refractivity contribution >= 4 is 22.4 Å². The van der Waals surface area contributed by atoms with Crippen molar-refractivity contribution in [1.82, 2.24) is 0 Å². The van der Waals surface area contributed by atoms with Gasteiger partial charge in [0.15, 0.2) is 0 Å². The summed E-state index contributed by atoms with van der Waals surface area (Å²) < 4.78 is 5.29. The van der Waals surface area contributed by atoms with Gasteiger partial charge >= 0.3 is 5.97 Å². The maximum atomic E-state index is 11.3. The van der Waals surface area contributed by atoms with Crippen LogP contribution in [0.5, 0.6) is 0 Å². The zero-order valence-corrected chi connectivity index (χ0v) is 11.4. The number of fused-ring (bicyclic) bond motifs is 1. The maximum absolute atomic E-state index is 11.3. The molecule has 3 aromatic rings. The van der Waals surface area contributed by atoms with Gasteiger partial charge in [0.2, 0.25) is 0 Å². The van der Waals surface area contributed by atoms with Crippen molar-refractivity contribution in [2.45, 2.75) is 6.42 Å². The molecule has 2 aromatic carbocycles. The minimum Gasteiger partial charge on any atom is -0.478 e. The predicted molar refractivity (Wildman–Crippen MR) is 81.8 cm³/mol. The third kappa shape index (κ3) is 2.74. The van der Waals surface area contributed by atoms with E-state index < -0.39 is 5.97 Å². The molecule has 0 atom stereocenters. The summed E-state index contributed by atoms with van der Waals surface area (Å²) in [6.45, 7) is 0.726. The number of rotatable bonds is 5. The van der Waals surface area contributed by atoms with E-state index >= 15 is 0 Å². The average Bonchev–Trinajstić information content (AvgIpc) is 3.00. The van der Waals surface area contributed by atoms with Crippen LogP contribution in [0.4, 0.5) is 5.69 Å². The summed E-state index contributed by atoms with van der Waals surface area (Å²) in [7, 11) is 0. The van der Waals surface area contributed by atoms with Gasteiger partial charge in [-0.25, -0.2) is 4.79 Å². The fourth-order valence-corrected chi connectivity index (χ4v) is 2.41. The molecule has 0 aliphatic carbocycles. The van der Waals surface area contributed by atoms with E-state index in [4.69, 9.17) is 4.42 Å². The summed E-state index contributed by atoms with van der Waals surface area (Å²) in [4.78, 5) is 11.3. The molecule has 0 aliphatic heterocycles. The lowest BCUT2D eigenvalue weighted by molar-refractivity contribution is 0.0699. The highest BCUT2D eigenvalue weighted by atomic mass is 16.4. The number of carboxylic acid groups (broad SMARTS) is 1. The molecule has 3 rings (SSSR count). The molecule has 1 aromatic heterocycles. The first-order valence-corrected chi connectivity index (χ1v) is 6.77. The molecule has 0 spiro atoms. The van der Waals surface area contributed by atoms with Crippen molar-refractivity contribution in [3.8, 4) is 0 Å². The van der Waals surface area contributed by atoms with E-state index in [9.17, 15) is 9.90 Å². The summed E-state index contributed by atoms with van der Waals surface area (Å²) in [5.74, 6) is 0.0160. The molecule has 0 saturated carbocycles. The summed E-state index contributed by atoms with van der Waals surface area (Å²) in [6.07, 6.45) is 2.44. The Morgan fingerprint density at radius 3 is 2.57 bits per heavy atom. The molecule has 0 bridgehead atoms. The minimum absolute atomic E-state index is 0.321. The zero-order chi connectivity index (χ0) is 14.7. The SMILES string of the molecule is O=C(O)c1ccc(NCCc2ccco2)c2ccccc12. The molecular formula is C17H15NO3. The monoisotopic (exact) mass is 281 g/mol. The number of aromatic carboxylic acids is 1. The molecule has 4 heteroatoms. The molecule has 21 heavy (non-hydrogen) atoms. The van der Waals surface area contributed by atoms with Crippen molar-refractivity contribution in [2.75, 3.05) is 11.9 Å². The van der Waals surface area contributed by atoms with Gasteiger partial charge in [0, 0.05) is 24.0 Å². The Bertz CT molecular complexity index is 763. The highest BCUT2D eigenvalue weighted by Gasteiger charge is 2.10. The molecule has 4 nitrogen and oxygen atoms in total. The second-order valence-corrected chi connectivity index (χ2v) is 4.77. The first-order chi connectivity index (χ1) is 10.3. The van der Waals surface area contributed by atoms with E-state index in [2.05, 4.69) is 5.32 Å². The number of carboxylic acids is 1. The summed E-state index contributed by atoms with van der Waals surface area (Å²) >= 11 is 0. The highest BCUT2D eigenvalue weighted by molar-refractivity contribution is 6.07. The summed E-state index contributed by atoms with van der Waals surface area (Å²) in [5, 5.41) is 14.2. The number of carbonyl (C=O) groups is 1. The Labute approximate surface area is 122 Å². The number of hydrogen-bond donors (Lipinski definition) is 2. The highest BCUT2D eigenvalue weighted by Crippen LogP contribution is 2.26. The topological polar surface area (TPSA) is 62.5 Å². The van der Waals surface area contributed by atoms with Crippen molar-refractivity contribution in [2.24, 2.45) is 0 Å². The maximum Gasteiger partial charge on any atom is 0.336 e. The fourth-order valence-electron chi connectivity index (χ4n) is 2.41. The molecular weight excluding hydrogens is 266 g/mol. The predicted octanol–water partition coefficient (Wildman–Crippen LogP) is 3.79. The first kappa shape index (κ1) is 13.2. The molecule has 0 fully saturated rings. The van der Waals surface area contributed by atoms with Crippen molar-refractivity contribution in [3.63, 3.8) is 0 Å².